The Bertz CT molecular complexity index is 2900. The van der Waals surface area contributed by atoms with Crippen molar-refractivity contribution in [2.45, 2.75) is 0 Å². The molecule has 246 valence electrons. The molecule has 0 amide bonds. The van der Waals surface area contributed by atoms with Crippen LogP contribution in [-0.2, 0) is 0 Å². The number of halogens is 1. The third-order valence-electron chi connectivity index (χ3n) is 10.1. The largest absolute Gasteiger partial charge is 0.309 e. The van der Waals surface area contributed by atoms with Crippen molar-refractivity contribution in [1.29, 1.82) is 0 Å². The summed E-state index contributed by atoms with van der Waals surface area (Å²) in [5.74, 6) is -0.245. The molecule has 0 aliphatic rings. The molecule has 2 heterocycles. The van der Waals surface area contributed by atoms with E-state index in [0.717, 1.165) is 61.6 Å². The van der Waals surface area contributed by atoms with Gasteiger partial charge in [0.2, 0.25) is 0 Å². The molecule has 0 fully saturated rings. The van der Waals surface area contributed by atoms with Crippen molar-refractivity contribution in [3.05, 3.63) is 200 Å². The second kappa shape index (κ2) is 12.1. The molecule has 0 aliphatic carbocycles. The van der Waals surface area contributed by atoms with Crippen molar-refractivity contribution in [3.63, 3.8) is 0 Å². The molecule has 8 aromatic carbocycles. The molecule has 2 aromatic heterocycles. The maximum absolute atomic E-state index is 14.0. The standard InChI is InChI=1S/C48H32FN3/c49-35-27-25-33(26-28-35)34-13-11-18-38(31-34)50(39-29-30-46-43(32-39)41-20-8-9-22-44(41)51(46)36-14-3-1-4-15-36)47-24-12-21-42-40-19-7-10-23-45(40)52(48(42)47)37-16-5-2-6-17-37/h1-32H. The van der Waals surface area contributed by atoms with E-state index in [1.807, 2.05) is 12.1 Å². The van der Waals surface area contributed by atoms with Crippen molar-refractivity contribution < 1.29 is 4.39 Å². The smallest absolute Gasteiger partial charge is 0.123 e. The van der Waals surface area contributed by atoms with Gasteiger partial charge in [0.1, 0.15) is 5.82 Å². The Morgan fingerprint density at radius 2 is 0.923 bits per heavy atom. The highest BCUT2D eigenvalue weighted by Gasteiger charge is 2.23. The van der Waals surface area contributed by atoms with Crippen LogP contribution in [0.3, 0.4) is 0 Å². The quantitative estimate of drug-likeness (QED) is 0.172. The highest BCUT2D eigenvalue weighted by molar-refractivity contribution is 6.15. The van der Waals surface area contributed by atoms with Crippen LogP contribution >= 0.6 is 0 Å². The molecule has 0 spiro atoms. The lowest BCUT2D eigenvalue weighted by atomic mass is 10.0. The minimum Gasteiger partial charge on any atom is -0.309 e. The molecule has 0 radical (unpaired) electrons. The molecule has 0 bridgehead atoms. The first-order valence-corrected chi connectivity index (χ1v) is 17.6. The molecule has 10 aromatic rings. The second-order valence-electron chi connectivity index (χ2n) is 13.1. The summed E-state index contributed by atoms with van der Waals surface area (Å²) in [5, 5.41) is 4.75. The van der Waals surface area contributed by atoms with Gasteiger partial charge in [-0.15, -0.1) is 0 Å². The maximum Gasteiger partial charge on any atom is 0.123 e. The Kier molecular flexibility index (Phi) is 7.00. The zero-order valence-corrected chi connectivity index (χ0v) is 28.2. The van der Waals surface area contributed by atoms with Crippen molar-refractivity contribution in [1.82, 2.24) is 9.13 Å². The van der Waals surface area contributed by atoms with E-state index in [0.29, 0.717) is 0 Å². The second-order valence-corrected chi connectivity index (χ2v) is 13.1. The summed E-state index contributed by atoms with van der Waals surface area (Å²) in [7, 11) is 0. The number of aromatic nitrogens is 2. The van der Waals surface area contributed by atoms with Gasteiger partial charge in [-0.05, 0) is 96.1 Å². The number of hydrogen-bond donors (Lipinski definition) is 0. The number of nitrogens with zero attached hydrogens (tertiary/aromatic N) is 3. The zero-order valence-electron chi connectivity index (χ0n) is 28.2. The molecular formula is C48H32FN3. The normalized spacial score (nSPS) is 11.6. The lowest BCUT2D eigenvalue weighted by molar-refractivity contribution is 0.628. The summed E-state index contributed by atoms with van der Waals surface area (Å²) in [6.07, 6.45) is 0. The predicted octanol–water partition coefficient (Wildman–Crippen LogP) is 13.2. The fourth-order valence-electron chi connectivity index (χ4n) is 7.88. The van der Waals surface area contributed by atoms with Crippen LogP contribution < -0.4 is 4.90 Å². The lowest BCUT2D eigenvalue weighted by Crippen LogP contribution is -2.12. The molecule has 0 saturated carbocycles. The first-order chi connectivity index (χ1) is 25.7. The van der Waals surface area contributed by atoms with Gasteiger partial charge in [-0.3, -0.25) is 0 Å². The first kappa shape index (κ1) is 30.0. The van der Waals surface area contributed by atoms with Gasteiger partial charge in [0.05, 0.1) is 27.8 Å². The first-order valence-electron chi connectivity index (χ1n) is 17.6. The van der Waals surface area contributed by atoms with Crippen LogP contribution in [0, 0.1) is 5.82 Å². The monoisotopic (exact) mass is 669 g/mol. The fraction of sp³-hybridized carbons (Fsp3) is 0. The number of para-hydroxylation sites is 5. The summed E-state index contributed by atoms with van der Waals surface area (Å²) in [6, 6.07) is 67.2. The fourth-order valence-corrected chi connectivity index (χ4v) is 7.88. The van der Waals surface area contributed by atoms with Crippen molar-refractivity contribution in [3.8, 4) is 22.5 Å². The molecular weight excluding hydrogens is 638 g/mol. The van der Waals surface area contributed by atoms with E-state index in [-0.39, 0.29) is 5.82 Å². The van der Waals surface area contributed by atoms with E-state index in [9.17, 15) is 4.39 Å². The number of hydrogen-bond acceptors (Lipinski definition) is 1. The number of benzene rings is 8. The molecule has 0 atom stereocenters. The highest BCUT2D eigenvalue weighted by Crippen LogP contribution is 2.45. The Morgan fingerprint density at radius 3 is 1.65 bits per heavy atom. The van der Waals surface area contributed by atoms with Crippen LogP contribution in [0.25, 0.3) is 66.1 Å². The topological polar surface area (TPSA) is 13.1 Å². The van der Waals surface area contributed by atoms with E-state index in [4.69, 9.17) is 0 Å². The van der Waals surface area contributed by atoms with Crippen molar-refractivity contribution >= 4 is 60.7 Å². The Morgan fingerprint density at radius 1 is 0.365 bits per heavy atom. The van der Waals surface area contributed by atoms with E-state index in [1.54, 1.807) is 0 Å². The lowest BCUT2D eigenvalue weighted by Gasteiger charge is -2.28. The molecule has 0 N–H and O–H groups in total. The van der Waals surface area contributed by atoms with Gasteiger partial charge in [0.15, 0.2) is 0 Å². The number of rotatable bonds is 6. The van der Waals surface area contributed by atoms with Crippen LogP contribution in [0.15, 0.2) is 194 Å². The van der Waals surface area contributed by atoms with Crippen molar-refractivity contribution in [2.75, 3.05) is 4.90 Å². The highest BCUT2D eigenvalue weighted by atomic mass is 19.1. The molecule has 0 unspecified atom stereocenters. The van der Waals surface area contributed by atoms with E-state index < -0.39 is 0 Å². The molecule has 0 saturated heterocycles. The van der Waals surface area contributed by atoms with Gasteiger partial charge in [-0.1, -0.05) is 109 Å². The summed E-state index contributed by atoms with van der Waals surface area (Å²) in [4.78, 5) is 2.38. The molecule has 52 heavy (non-hydrogen) atoms. The van der Waals surface area contributed by atoms with Gasteiger partial charge in [-0.2, -0.15) is 0 Å². The van der Waals surface area contributed by atoms with Crippen LogP contribution in [0.1, 0.15) is 0 Å². The van der Waals surface area contributed by atoms with Crippen LogP contribution in [0.5, 0.6) is 0 Å². The zero-order chi connectivity index (χ0) is 34.6. The van der Waals surface area contributed by atoms with E-state index >= 15 is 0 Å². The maximum atomic E-state index is 14.0. The van der Waals surface area contributed by atoms with Crippen LogP contribution in [0.4, 0.5) is 21.5 Å². The minimum atomic E-state index is -0.245. The summed E-state index contributed by atoms with van der Waals surface area (Å²) in [6.45, 7) is 0. The summed E-state index contributed by atoms with van der Waals surface area (Å²) in [5.41, 5.74) is 11.9. The molecule has 4 heteroatoms. The molecule has 10 rings (SSSR count). The third kappa shape index (κ3) is 4.80. The summed E-state index contributed by atoms with van der Waals surface area (Å²) >= 11 is 0. The van der Waals surface area contributed by atoms with Gasteiger partial charge in [0.25, 0.3) is 0 Å². The average molecular weight is 670 g/mol. The Labute approximate surface area is 300 Å². The van der Waals surface area contributed by atoms with Gasteiger partial charge < -0.3 is 14.0 Å². The van der Waals surface area contributed by atoms with Crippen LogP contribution in [0.2, 0.25) is 0 Å². The summed E-state index contributed by atoms with van der Waals surface area (Å²) < 4.78 is 18.7. The van der Waals surface area contributed by atoms with Gasteiger partial charge in [0, 0.05) is 44.3 Å². The number of anilines is 3. The van der Waals surface area contributed by atoms with Crippen LogP contribution in [-0.4, -0.2) is 9.13 Å². The third-order valence-corrected chi connectivity index (χ3v) is 10.1. The number of fused-ring (bicyclic) bond motifs is 6. The van der Waals surface area contributed by atoms with E-state index in [1.165, 1.54) is 33.7 Å². The Balaban J connectivity index is 1.28. The predicted molar refractivity (Wildman–Crippen MR) is 215 cm³/mol. The van der Waals surface area contributed by atoms with Crippen molar-refractivity contribution in [2.24, 2.45) is 0 Å². The van der Waals surface area contributed by atoms with Gasteiger partial charge in [-0.25, -0.2) is 4.39 Å². The van der Waals surface area contributed by atoms with Gasteiger partial charge >= 0.3 is 0 Å². The van der Waals surface area contributed by atoms with E-state index in [2.05, 4.69) is 184 Å². The average Bonchev–Trinajstić information content (AvgIpc) is 3.72. The SMILES string of the molecule is Fc1ccc(-c2cccc(N(c3ccc4c(c3)c3ccccc3n4-c3ccccc3)c3cccc4c5ccccc5n(-c5ccccc5)c34)c2)cc1. The minimum absolute atomic E-state index is 0.245. The molecule has 3 nitrogen and oxygen atoms in total. The molecule has 0 aliphatic heterocycles. The Hall–Kier alpha value is -6.91.